The second-order valence-corrected chi connectivity index (χ2v) is 9.73. The molecule has 1 aromatic carbocycles. The topological polar surface area (TPSA) is 80.6 Å². The lowest BCUT2D eigenvalue weighted by molar-refractivity contribution is 0.759. The minimum Gasteiger partial charge on any atom is -0.303 e. The van der Waals surface area contributed by atoms with Crippen molar-refractivity contribution in [2.24, 2.45) is 7.05 Å². The Balaban J connectivity index is 1.71. The summed E-state index contributed by atoms with van der Waals surface area (Å²) in [6, 6.07) is 11.3. The quantitative estimate of drug-likeness (QED) is 0.426. The highest BCUT2D eigenvalue weighted by molar-refractivity contribution is 8.01. The van der Waals surface area contributed by atoms with Gasteiger partial charge in [0.05, 0.1) is 16.5 Å². The zero-order valence-corrected chi connectivity index (χ0v) is 18.6. The second-order valence-electron chi connectivity index (χ2n) is 6.99. The summed E-state index contributed by atoms with van der Waals surface area (Å²) in [5, 5.41) is 1.46. The Morgan fingerprint density at radius 2 is 2.03 bits per heavy atom. The summed E-state index contributed by atoms with van der Waals surface area (Å²) in [4.78, 5) is 37.4. The molecule has 5 rings (SSSR count). The van der Waals surface area contributed by atoms with Crippen LogP contribution in [0, 0.1) is 0 Å². The molecule has 6 nitrogen and oxygen atoms in total. The van der Waals surface area contributed by atoms with Crippen molar-refractivity contribution < 1.29 is 0 Å². The van der Waals surface area contributed by atoms with Gasteiger partial charge in [-0.05, 0) is 53.2 Å². The van der Waals surface area contributed by atoms with Crippen LogP contribution in [-0.4, -0.2) is 19.5 Å². The molecular formula is C22H15ClN4O2S2. The number of nitrogens with one attached hydrogen (secondary N) is 1. The van der Waals surface area contributed by atoms with Crippen molar-refractivity contribution in [3.05, 3.63) is 102 Å². The van der Waals surface area contributed by atoms with Gasteiger partial charge in [-0.15, -0.1) is 11.3 Å². The van der Waals surface area contributed by atoms with Crippen molar-refractivity contribution in [2.45, 2.75) is 15.3 Å². The predicted octanol–water partition coefficient (Wildman–Crippen LogP) is 4.39. The van der Waals surface area contributed by atoms with Gasteiger partial charge in [0.15, 0.2) is 4.34 Å². The van der Waals surface area contributed by atoms with E-state index >= 15 is 0 Å². The first-order valence-electron chi connectivity index (χ1n) is 9.36. The van der Waals surface area contributed by atoms with Crippen molar-refractivity contribution in [1.82, 2.24) is 19.5 Å². The molecule has 0 fully saturated rings. The average molecular weight is 467 g/mol. The Morgan fingerprint density at radius 1 is 1.16 bits per heavy atom. The highest BCUT2D eigenvalue weighted by Crippen LogP contribution is 2.43. The van der Waals surface area contributed by atoms with Gasteiger partial charge in [0.25, 0.3) is 5.56 Å². The van der Waals surface area contributed by atoms with Crippen molar-refractivity contribution in [3.63, 3.8) is 0 Å². The third-order valence-corrected chi connectivity index (χ3v) is 7.27. The normalized spacial score (nSPS) is 14.7. The zero-order valence-electron chi connectivity index (χ0n) is 16.2. The molecule has 0 spiro atoms. The first-order chi connectivity index (χ1) is 15.0. The van der Waals surface area contributed by atoms with Crippen molar-refractivity contribution in [2.75, 3.05) is 0 Å². The van der Waals surface area contributed by atoms with Gasteiger partial charge in [0.2, 0.25) is 0 Å². The lowest BCUT2D eigenvalue weighted by atomic mass is 9.87. The maximum Gasteiger partial charge on any atom is 0.328 e. The Morgan fingerprint density at radius 3 is 2.84 bits per heavy atom. The van der Waals surface area contributed by atoms with Crippen LogP contribution in [0.15, 0.2) is 67.7 Å². The summed E-state index contributed by atoms with van der Waals surface area (Å²) in [6.07, 6.45) is 7.32. The van der Waals surface area contributed by atoms with E-state index in [0.717, 1.165) is 31.1 Å². The molecule has 0 saturated carbocycles. The van der Waals surface area contributed by atoms with E-state index in [1.54, 1.807) is 36.8 Å². The van der Waals surface area contributed by atoms with Gasteiger partial charge in [-0.25, -0.2) is 14.8 Å². The van der Waals surface area contributed by atoms with Gasteiger partial charge in [-0.1, -0.05) is 29.8 Å². The Hall–Kier alpha value is -2.94. The highest BCUT2D eigenvalue weighted by Gasteiger charge is 2.30. The number of pyridine rings is 1. The van der Waals surface area contributed by atoms with Crippen molar-refractivity contribution in [1.29, 1.82) is 0 Å². The summed E-state index contributed by atoms with van der Waals surface area (Å²) in [5.74, 6) is -0.442. The maximum absolute atomic E-state index is 12.8. The Bertz CT molecular complexity index is 1440. The van der Waals surface area contributed by atoms with Crippen LogP contribution in [0.4, 0.5) is 0 Å². The summed E-state index contributed by atoms with van der Waals surface area (Å²) >= 11 is 9.25. The fraction of sp³-hybridized carbons (Fsp3) is 0.0909. The fourth-order valence-electron chi connectivity index (χ4n) is 3.56. The molecule has 1 atom stereocenters. The minimum absolute atomic E-state index is 0.422. The van der Waals surface area contributed by atoms with Crippen molar-refractivity contribution in [3.8, 4) is 0 Å². The lowest BCUT2D eigenvalue weighted by Gasteiger charge is -2.18. The fourth-order valence-corrected chi connectivity index (χ4v) is 5.75. The summed E-state index contributed by atoms with van der Waals surface area (Å²) in [5.41, 5.74) is 2.16. The first-order valence-corrected chi connectivity index (χ1v) is 11.4. The van der Waals surface area contributed by atoms with Crippen LogP contribution in [0.2, 0.25) is 5.02 Å². The molecule has 4 aromatic rings. The number of hydrogen-bond donors (Lipinski definition) is 1. The van der Waals surface area contributed by atoms with E-state index in [1.807, 2.05) is 42.5 Å². The van der Waals surface area contributed by atoms with Gasteiger partial charge >= 0.3 is 5.69 Å². The number of H-pyrrole nitrogens is 1. The zero-order chi connectivity index (χ0) is 21.5. The number of rotatable bonds is 3. The number of aromatic amines is 1. The van der Waals surface area contributed by atoms with E-state index < -0.39 is 17.2 Å². The monoisotopic (exact) mass is 466 g/mol. The smallest absolute Gasteiger partial charge is 0.303 e. The number of aryl methyl sites for hydroxylation is 1. The van der Waals surface area contributed by atoms with Gasteiger partial charge in [-0.2, -0.15) is 0 Å². The number of hydrogen-bond acceptors (Lipinski definition) is 6. The largest absolute Gasteiger partial charge is 0.328 e. The Labute approximate surface area is 190 Å². The van der Waals surface area contributed by atoms with E-state index in [-0.39, 0.29) is 0 Å². The summed E-state index contributed by atoms with van der Waals surface area (Å²) < 4.78 is 2.21. The van der Waals surface area contributed by atoms with E-state index in [0.29, 0.717) is 10.6 Å². The number of halogens is 1. The molecule has 1 N–H and O–H groups in total. The molecule has 0 amide bonds. The molecule has 1 unspecified atom stereocenters. The average Bonchev–Trinajstić information content (AvgIpc) is 3.08. The molecule has 154 valence electrons. The van der Waals surface area contributed by atoms with Crippen LogP contribution in [0.5, 0.6) is 0 Å². The maximum atomic E-state index is 12.8. The van der Waals surface area contributed by atoms with E-state index in [1.165, 1.54) is 16.3 Å². The molecule has 0 radical (unpaired) electrons. The molecule has 0 bridgehead atoms. The molecule has 31 heavy (non-hydrogen) atoms. The molecule has 3 heterocycles. The molecule has 9 heteroatoms. The third-order valence-electron chi connectivity index (χ3n) is 4.99. The number of thiazole rings is 1. The van der Waals surface area contributed by atoms with Crippen LogP contribution in [0.1, 0.15) is 33.2 Å². The summed E-state index contributed by atoms with van der Waals surface area (Å²) in [6.45, 7) is 0. The molecule has 1 aliphatic carbocycles. The van der Waals surface area contributed by atoms with Crippen molar-refractivity contribution >= 4 is 46.9 Å². The molecule has 0 saturated heterocycles. The van der Waals surface area contributed by atoms with E-state index in [4.69, 9.17) is 16.6 Å². The number of nitrogens with zero attached hydrogens (tertiary/aromatic N) is 3. The van der Waals surface area contributed by atoms with Crippen LogP contribution in [0.25, 0.3) is 12.2 Å². The first kappa shape index (κ1) is 20.0. The lowest BCUT2D eigenvalue weighted by Crippen LogP contribution is -2.31. The van der Waals surface area contributed by atoms with Crippen LogP contribution in [-0.2, 0) is 7.05 Å². The number of benzene rings is 1. The standard InChI is InChI=1S/C22H15ClN4O2S2/c1-27-11-15(20(28)26-21(27)29)18-14-7-6-13(23)10-12(14)5-8-16-19(18)25-22(30-16)31-17-4-2-3-9-24-17/h2-11,18H,1H3,(H,26,28,29). The molecular weight excluding hydrogens is 452 g/mol. The predicted molar refractivity (Wildman–Crippen MR) is 124 cm³/mol. The number of aromatic nitrogens is 4. The van der Waals surface area contributed by atoms with Crippen LogP contribution >= 0.6 is 34.7 Å². The molecule has 0 aliphatic heterocycles. The molecule has 3 aromatic heterocycles. The summed E-state index contributed by atoms with van der Waals surface area (Å²) in [7, 11) is 1.61. The van der Waals surface area contributed by atoms with Gasteiger partial charge in [-0.3, -0.25) is 9.78 Å². The van der Waals surface area contributed by atoms with Gasteiger partial charge in [0.1, 0.15) is 5.03 Å². The van der Waals surface area contributed by atoms with Crippen LogP contribution in [0.3, 0.4) is 0 Å². The highest BCUT2D eigenvalue weighted by atomic mass is 35.5. The third kappa shape index (κ3) is 3.78. The second kappa shape index (κ2) is 7.96. The minimum atomic E-state index is -0.457. The van der Waals surface area contributed by atoms with Crippen LogP contribution < -0.4 is 11.2 Å². The van der Waals surface area contributed by atoms with Gasteiger partial charge < -0.3 is 4.57 Å². The SMILES string of the molecule is Cn1cc(C2c3ccc(Cl)cc3C=Cc3sc(Sc4ccccn4)nc32)c(=O)[nH]c1=O. The van der Waals surface area contributed by atoms with E-state index in [2.05, 4.69) is 9.97 Å². The Kier molecular flexibility index (Phi) is 5.13. The number of fused-ring (bicyclic) bond motifs is 2. The van der Waals surface area contributed by atoms with Gasteiger partial charge in [0, 0.05) is 30.0 Å². The molecule has 1 aliphatic rings. The van der Waals surface area contributed by atoms with E-state index in [9.17, 15) is 9.59 Å².